The van der Waals surface area contributed by atoms with E-state index < -0.39 is 0 Å². The van der Waals surface area contributed by atoms with Crippen molar-refractivity contribution in [2.75, 3.05) is 39.8 Å². The molecule has 0 aromatic rings. The predicted molar refractivity (Wildman–Crippen MR) is 65.4 cm³/mol. The molecule has 98 valence electrons. The number of nitrogens with one attached hydrogen (secondary N) is 1. The number of amides is 2. The number of rotatable bonds is 5. The Morgan fingerprint density at radius 1 is 1.41 bits per heavy atom. The summed E-state index contributed by atoms with van der Waals surface area (Å²) in [6.07, 6.45) is 0.626. The van der Waals surface area contributed by atoms with E-state index in [1.807, 2.05) is 11.8 Å². The van der Waals surface area contributed by atoms with Gasteiger partial charge in [0.2, 0.25) is 11.8 Å². The SMILES string of the molecule is CCC(C(N)=O)N(C)CC(=O)N1CCNCC1. The predicted octanol–water partition coefficient (Wildman–Crippen LogP) is -1.39. The van der Waals surface area contributed by atoms with E-state index in [0.29, 0.717) is 6.42 Å². The zero-order chi connectivity index (χ0) is 12.8. The number of piperazine rings is 1. The van der Waals surface area contributed by atoms with E-state index in [-0.39, 0.29) is 24.4 Å². The summed E-state index contributed by atoms with van der Waals surface area (Å²) in [5, 5.41) is 3.19. The molecule has 6 nitrogen and oxygen atoms in total. The van der Waals surface area contributed by atoms with Crippen molar-refractivity contribution in [3.63, 3.8) is 0 Å². The lowest BCUT2D eigenvalue weighted by molar-refractivity contribution is -0.134. The minimum atomic E-state index is -0.372. The van der Waals surface area contributed by atoms with Gasteiger partial charge in [0.05, 0.1) is 12.6 Å². The molecule has 1 atom stereocenters. The summed E-state index contributed by atoms with van der Waals surface area (Å²) in [5.41, 5.74) is 5.29. The molecule has 17 heavy (non-hydrogen) atoms. The fourth-order valence-corrected chi connectivity index (χ4v) is 2.07. The second kappa shape index (κ2) is 6.56. The molecule has 0 aromatic carbocycles. The van der Waals surface area contributed by atoms with Crippen LogP contribution in [0.15, 0.2) is 0 Å². The van der Waals surface area contributed by atoms with Crippen molar-refractivity contribution in [1.82, 2.24) is 15.1 Å². The van der Waals surface area contributed by atoms with Crippen molar-refractivity contribution in [3.05, 3.63) is 0 Å². The van der Waals surface area contributed by atoms with Crippen molar-refractivity contribution in [2.45, 2.75) is 19.4 Å². The smallest absolute Gasteiger partial charge is 0.236 e. The third kappa shape index (κ3) is 3.98. The van der Waals surface area contributed by atoms with Gasteiger partial charge < -0.3 is 16.0 Å². The topological polar surface area (TPSA) is 78.7 Å². The van der Waals surface area contributed by atoms with Gasteiger partial charge in [0.15, 0.2) is 0 Å². The molecule has 2 amide bonds. The van der Waals surface area contributed by atoms with Crippen LogP contribution in [0.25, 0.3) is 0 Å². The minimum absolute atomic E-state index is 0.0636. The number of primary amides is 1. The molecule has 3 N–H and O–H groups in total. The lowest BCUT2D eigenvalue weighted by Gasteiger charge is -2.31. The molecule has 1 unspecified atom stereocenters. The molecule has 0 radical (unpaired) electrons. The van der Waals surface area contributed by atoms with Crippen LogP contribution in [-0.2, 0) is 9.59 Å². The first-order valence-electron chi connectivity index (χ1n) is 6.04. The van der Waals surface area contributed by atoms with Gasteiger partial charge in [-0.15, -0.1) is 0 Å². The van der Waals surface area contributed by atoms with E-state index in [2.05, 4.69) is 5.32 Å². The van der Waals surface area contributed by atoms with Gasteiger partial charge >= 0.3 is 0 Å². The number of hydrogen-bond donors (Lipinski definition) is 2. The van der Waals surface area contributed by atoms with Gasteiger partial charge in [-0.25, -0.2) is 0 Å². The quantitative estimate of drug-likeness (QED) is 0.622. The fraction of sp³-hybridized carbons (Fsp3) is 0.818. The molecule has 0 saturated carbocycles. The maximum absolute atomic E-state index is 12.0. The monoisotopic (exact) mass is 242 g/mol. The Labute approximate surface area is 102 Å². The molecule has 0 aliphatic carbocycles. The first kappa shape index (κ1) is 13.9. The van der Waals surface area contributed by atoms with Crippen molar-refractivity contribution in [2.24, 2.45) is 5.73 Å². The lowest BCUT2D eigenvalue weighted by Crippen LogP contribution is -2.51. The summed E-state index contributed by atoms with van der Waals surface area (Å²) in [6, 6.07) is -0.359. The molecule has 0 bridgehead atoms. The molecule has 1 saturated heterocycles. The summed E-state index contributed by atoms with van der Waals surface area (Å²) < 4.78 is 0. The first-order valence-corrected chi connectivity index (χ1v) is 6.04. The van der Waals surface area contributed by atoms with Gasteiger partial charge in [-0.3, -0.25) is 14.5 Å². The number of hydrogen-bond acceptors (Lipinski definition) is 4. The van der Waals surface area contributed by atoms with Gasteiger partial charge in [0, 0.05) is 26.2 Å². The third-order valence-electron chi connectivity index (χ3n) is 3.10. The normalized spacial score (nSPS) is 18.2. The van der Waals surface area contributed by atoms with Crippen LogP contribution in [0.1, 0.15) is 13.3 Å². The summed E-state index contributed by atoms with van der Waals surface area (Å²) in [5.74, 6) is -0.309. The Kier molecular flexibility index (Phi) is 5.37. The molecule has 0 aromatic heterocycles. The van der Waals surface area contributed by atoms with Crippen LogP contribution >= 0.6 is 0 Å². The minimum Gasteiger partial charge on any atom is -0.368 e. The number of likely N-dealkylation sites (N-methyl/N-ethyl adjacent to an activating group) is 1. The molecular formula is C11H22N4O2. The van der Waals surface area contributed by atoms with Crippen molar-refractivity contribution in [1.29, 1.82) is 0 Å². The standard InChI is InChI=1S/C11H22N4O2/c1-3-9(11(12)17)14(2)8-10(16)15-6-4-13-5-7-15/h9,13H,3-8H2,1-2H3,(H2,12,17). The summed E-state index contributed by atoms with van der Waals surface area (Å²) in [4.78, 5) is 26.7. The lowest BCUT2D eigenvalue weighted by atomic mass is 10.2. The van der Waals surface area contributed by atoms with E-state index in [0.717, 1.165) is 26.2 Å². The van der Waals surface area contributed by atoms with Crippen LogP contribution in [0.3, 0.4) is 0 Å². The van der Waals surface area contributed by atoms with Crippen LogP contribution in [0.2, 0.25) is 0 Å². The van der Waals surface area contributed by atoms with Gasteiger partial charge in [-0.1, -0.05) is 6.92 Å². The zero-order valence-corrected chi connectivity index (χ0v) is 10.6. The maximum Gasteiger partial charge on any atom is 0.236 e. The zero-order valence-electron chi connectivity index (χ0n) is 10.6. The Morgan fingerprint density at radius 2 is 2.00 bits per heavy atom. The second-order valence-corrected chi connectivity index (χ2v) is 4.37. The number of carbonyl (C=O) groups excluding carboxylic acids is 2. The average Bonchev–Trinajstić information content (AvgIpc) is 2.30. The molecule has 1 rings (SSSR count). The molecule has 1 aliphatic rings. The van der Waals surface area contributed by atoms with Gasteiger partial charge in [0.1, 0.15) is 0 Å². The van der Waals surface area contributed by atoms with Gasteiger partial charge in [0.25, 0.3) is 0 Å². The van der Waals surface area contributed by atoms with Crippen molar-refractivity contribution in [3.8, 4) is 0 Å². The van der Waals surface area contributed by atoms with E-state index in [1.54, 1.807) is 11.9 Å². The molecular weight excluding hydrogens is 220 g/mol. The summed E-state index contributed by atoms with van der Waals surface area (Å²) in [6.45, 7) is 5.29. The first-order chi connectivity index (χ1) is 8.06. The molecule has 1 aliphatic heterocycles. The number of nitrogens with two attached hydrogens (primary N) is 1. The van der Waals surface area contributed by atoms with Gasteiger partial charge in [-0.2, -0.15) is 0 Å². The van der Waals surface area contributed by atoms with E-state index in [4.69, 9.17) is 5.73 Å². The summed E-state index contributed by atoms with van der Waals surface area (Å²) in [7, 11) is 1.76. The molecule has 1 heterocycles. The Bertz CT molecular complexity index is 277. The average molecular weight is 242 g/mol. The fourth-order valence-electron chi connectivity index (χ4n) is 2.07. The van der Waals surface area contributed by atoms with E-state index in [1.165, 1.54) is 0 Å². The van der Waals surface area contributed by atoms with Crippen molar-refractivity contribution < 1.29 is 9.59 Å². The van der Waals surface area contributed by atoms with E-state index >= 15 is 0 Å². The largest absolute Gasteiger partial charge is 0.368 e. The van der Waals surface area contributed by atoms with Crippen LogP contribution in [0.4, 0.5) is 0 Å². The highest BCUT2D eigenvalue weighted by atomic mass is 16.2. The molecule has 1 fully saturated rings. The Balaban J connectivity index is 2.46. The summed E-state index contributed by atoms with van der Waals surface area (Å²) >= 11 is 0. The van der Waals surface area contributed by atoms with Crippen LogP contribution in [0.5, 0.6) is 0 Å². The van der Waals surface area contributed by atoms with Crippen molar-refractivity contribution >= 4 is 11.8 Å². The second-order valence-electron chi connectivity index (χ2n) is 4.37. The van der Waals surface area contributed by atoms with Crippen LogP contribution in [-0.4, -0.2) is 67.4 Å². The molecule has 0 spiro atoms. The Morgan fingerprint density at radius 3 is 2.47 bits per heavy atom. The number of nitrogens with zero attached hydrogens (tertiary/aromatic N) is 2. The highest BCUT2D eigenvalue weighted by molar-refractivity contribution is 5.82. The maximum atomic E-state index is 12.0. The number of carbonyl (C=O) groups is 2. The van der Waals surface area contributed by atoms with Crippen LogP contribution < -0.4 is 11.1 Å². The Hall–Kier alpha value is -1.14. The van der Waals surface area contributed by atoms with E-state index in [9.17, 15) is 9.59 Å². The third-order valence-corrected chi connectivity index (χ3v) is 3.10. The molecule has 6 heteroatoms. The highest BCUT2D eigenvalue weighted by Crippen LogP contribution is 2.02. The van der Waals surface area contributed by atoms with Gasteiger partial charge in [-0.05, 0) is 13.5 Å². The van der Waals surface area contributed by atoms with Crippen LogP contribution in [0, 0.1) is 0 Å². The highest BCUT2D eigenvalue weighted by Gasteiger charge is 2.23.